The highest BCUT2D eigenvalue weighted by atomic mass is 16.6. The quantitative estimate of drug-likeness (QED) is 0.101. The number of hydrogen-bond donors (Lipinski definition) is 0. The highest BCUT2D eigenvalue weighted by Gasteiger charge is 2.40. The maximum atomic E-state index is 13.7. The predicted octanol–water partition coefficient (Wildman–Crippen LogP) is 5.65. The highest BCUT2D eigenvalue weighted by molar-refractivity contribution is 6.01. The molecular formula is C33H35NO11. The lowest BCUT2D eigenvalue weighted by Crippen LogP contribution is -2.36. The van der Waals surface area contributed by atoms with Crippen LogP contribution in [0.3, 0.4) is 0 Å². The molecule has 12 heteroatoms. The minimum absolute atomic E-state index is 0.0985. The molecule has 1 saturated carbocycles. The summed E-state index contributed by atoms with van der Waals surface area (Å²) in [6.45, 7) is -0.424. The number of ether oxygens (including phenoxy) is 6. The Morgan fingerprint density at radius 2 is 1.38 bits per heavy atom. The van der Waals surface area contributed by atoms with Crippen LogP contribution in [0, 0.1) is 22.0 Å². The molecule has 1 aliphatic carbocycles. The number of nitrogens with zero attached hydrogens (tertiary/aromatic N) is 1. The second-order valence-corrected chi connectivity index (χ2v) is 10.4. The molecule has 238 valence electrons. The molecule has 3 aromatic carbocycles. The van der Waals surface area contributed by atoms with Gasteiger partial charge in [-0.2, -0.15) is 0 Å². The predicted molar refractivity (Wildman–Crippen MR) is 161 cm³/mol. The number of carbonyl (C=O) groups excluding carboxylic acids is 3. The molecule has 3 aromatic rings. The third-order valence-electron chi connectivity index (χ3n) is 7.73. The fourth-order valence-electron chi connectivity index (χ4n) is 5.36. The van der Waals surface area contributed by atoms with Crippen LogP contribution in [-0.2, 0) is 25.7 Å². The fourth-order valence-corrected chi connectivity index (χ4v) is 5.36. The Morgan fingerprint density at radius 3 is 1.93 bits per heavy atom. The number of hydrogen-bond acceptors (Lipinski definition) is 11. The Morgan fingerprint density at radius 1 is 0.800 bits per heavy atom. The van der Waals surface area contributed by atoms with E-state index in [1.54, 1.807) is 48.5 Å². The van der Waals surface area contributed by atoms with Crippen LogP contribution in [-0.4, -0.2) is 51.1 Å². The second-order valence-electron chi connectivity index (χ2n) is 10.4. The summed E-state index contributed by atoms with van der Waals surface area (Å²) in [4.78, 5) is 51.9. The van der Waals surface area contributed by atoms with Gasteiger partial charge in [-0.15, -0.1) is 0 Å². The van der Waals surface area contributed by atoms with Crippen molar-refractivity contribution in [1.29, 1.82) is 0 Å². The van der Waals surface area contributed by atoms with Gasteiger partial charge in [-0.25, -0.2) is 0 Å². The number of rotatable bonds is 13. The van der Waals surface area contributed by atoms with Crippen LogP contribution in [0.5, 0.6) is 23.0 Å². The lowest BCUT2D eigenvalue weighted by Gasteiger charge is -2.30. The van der Waals surface area contributed by atoms with E-state index in [1.807, 2.05) is 0 Å². The normalized spacial score (nSPS) is 16.5. The number of benzene rings is 3. The summed E-state index contributed by atoms with van der Waals surface area (Å²) in [6.07, 6.45) is 0.658. The third kappa shape index (κ3) is 7.69. The topological polar surface area (TPSA) is 150 Å². The molecule has 0 radical (unpaired) electrons. The van der Waals surface area contributed by atoms with E-state index >= 15 is 0 Å². The van der Waals surface area contributed by atoms with Gasteiger partial charge in [0.15, 0.2) is 17.6 Å². The smallest absolute Gasteiger partial charge is 0.310 e. The standard InChI is InChI=1S/C33H35NO11/c1-40-23-14-21(15-24(17-23)41-2)31(30(35)20-10-6-5-7-11-20)45-33(37)26-13-9-8-12-25(26)32(36)44-19-22-16-28(42-3)29(43-4)18-27(22)34(38)39/h5-7,10-11,14-18,25-26,31H,8-9,12-13,19H2,1-4H3/t25-,26+,31?/m1/s1. The van der Waals surface area contributed by atoms with Crippen molar-refractivity contribution in [3.63, 3.8) is 0 Å². The van der Waals surface area contributed by atoms with Gasteiger partial charge in [0.05, 0.1) is 56.8 Å². The average Bonchev–Trinajstić information content (AvgIpc) is 3.08. The molecule has 0 spiro atoms. The first-order valence-corrected chi connectivity index (χ1v) is 14.3. The van der Waals surface area contributed by atoms with Crippen LogP contribution in [0.2, 0.25) is 0 Å². The molecule has 0 N–H and O–H groups in total. The van der Waals surface area contributed by atoms with E-state index in [0.29, 0.717) is 48.3 Å². The van der Waals surface area contributed by atoms with Gasteiger partial charge in [-0.3, -0.25) is 24.5 Å². The molecular weight excluding hydrogens is 586 g/mol. The first-order valence-electron chi connectivity index (χ1n) is 14.3. The number of esters is 2. The SMILES string of the molecule is COc1cc(OC)cc(C(OC(=O)[C@H]2CCCC[C@H]2C(=O)OCc2cc(OC)c(OC)cc2[N+](=O)[O-])C(=O)c2ccccc2)c1. The van der Waals surface area contributed by atoms with Gasteiger partial charge in [0.2, 0.25) is 5.78 Å². The van der Waals surface area contributed by atoms with Gasteiger partial charge in [0, 0.05) is 17.2 Å². The van der Waals surface area contributed by atoms with Crippen molar-refractivity contribution in [3.05, 3.63) is 87.5 Å². The average molecular weight is 622 g/mol. The Kier molecular flexibility index (Phi) is 11.0. The number of Topliss-reactive ketones (excluding diaryl/α,β-unsaturated/α-hetero) is 1. The zero-order valence-electron chi connectivity index (χ0n) is 25.5. The molecule has 3 atom stereocenters. The van der Waals surface area contributed by atoms with E-state index in [1.165, 1.54) is 40.6 Å². The molecule has 12 nitrogen and oxygen atoms in total. The number of methoxy groups -OCH3 is 4. The van der Waals surface area contributed by atoms with Crippen molar-refractivity contribution in [1.82, 2.24) is 0 Å². The maximum Gasteiger partial charge on any atom is 0.310 e. The largest absolute Gasteiger partial charge is 0.497 e. The van der Waals surface area contributed by atoms with Crippen molar-refractivity contribution in [3.8, 4) is 23.0 Å². The summed E-state index contributed by atoms with van der Waals surface area (Å²) < 4.78 is 32.6. The minimum atomic E-state index is -1.35. The first kappa shape index (κ1) is 32.8. The number of nitro benzene ring substituents is 1. The van der Waals surface area contributed by atoms with Crippen molar-refractivity contribution < 1.29 is 47.7 Å². The zero-order chi connectivity index (χ0) is 32.5. The van der Waals surface area contributed by atoms with Gasteiger partial charge in [-0.1, -0.05) is 43.2 Å². The molecule has 0 saturated heterocycles. The molecule has 0 heterocycles. The summed E-state index contributed by atoms with van der Waals surface area (Å²) in [5, 5.41) is 11.7. The van der Waals surface area contributed by atoms with E-state index in [4.69, 9.17) is 28.4 Å². The van der Waals surface area contributed by atoms with Crippen LogP contribution in [0.1, 0.15) is 53.3 Å². The van der Waals surface area contributed by atoms with Crippen LogP contribution in [0.15, 0.2) is 60.7 Å². The Labute approximate surface area is 260 Å². The van der Waals surface area contributed by atoms with Gasteiger partial charge >= 0.3 is 11.9 Å². The molecule has 4 rings (SSSR count). The van der Waals surface area contributed by atoms with E-state index in [9.17, 15) is 24.5 Å². The number of carbonyl (C=O) groups is 3. The Bertz CT molecular complexity index is 1520. The summed E-state index contributed by atoms with van der Waals surface area (Å²) in [6, 6.07) is 15.8. The van der Waals surface area contributed by atoms with Gasteiger partial charge < -0.3 is 28.4 Å². The molecule has 45 heavy (non-hydrogen) atoms. The van der Waals surface area contributed by atoms with Gasteiger partial charge in [0.25, 0.3) is 5.69 Å². The highest BCUT2D eigenvalue weighted by Crippen LogP contribution is 2.38. The van der Waals surface area contributed by atoms with Crippen molar-refractivity contribution >= 4 is 23.4 Å². The van der Waals surface area contributed by atoms with Crippen LogP contribution >= 0.6 is 0 Å². The summed E-state index contributed by atoms with van der Waals surface area (Å²) >= 11 is 0. The second kappa shape index (κ2) is 15.0. The first-order chi connectivity index (χ1) is 21.7. The summed E-state index contributed by atoms with van der Waals surface area (Å²) in [7, 11) is 5.67. The maximum absolute atomic E-state index is 13.7. The van der Waals surface area contributed by atoms with E-state index in [2.05, 4.69) is 0 Å². The van der Waals surface area contributed by atoms with Crippen LogP contribution in [0.4, 0.5) is 5.69 Å². The molecule has 0 aliphatic heterocycles. The molecule has 1 fully saturated rings. The third-order valence-corrected chi connectivity index (χ3v) is 7.73. The lowest BCUT2D eigenvalue weighted by molar-refractivity contribution is -0.385. The van der Waals surface area contributed by atoms with Crippen molar-refractivity contribution in [2.75, 3.05) is 28.4 Å². The van der Waals surface area contributed by atoms with E-state index < -0.39 is 47.2 Å². The van der Waals surface area contributed by atoms with E-state index in [-0.39, 0.29) is 22.7 Å². The monoisotopic (exact) mass is 621 g/mol. The zero-order valence-corrected chi connectivity index (χ0v) is 25.5. The van der Waals surface area contributed by atoms with Gasteiger partial charge in [-0.05, 0) is 31.0 Å². The van der Waals surface area contributed by atoms with Crippen LogP contribution in [0.25, 0.3) is 0 Å². The fraction of sp³-hybridized carbons (Fsp3) is 0.364. The Balaban J connectivity index is 1.58. The van der Waals surface area contributed by atoms with Crippen molar-refractivity contribution in [2.24, 2.45) is 11.8 Å². The van der Waals surface area contributed by atoms with Crippen molar-refractivity contribution in [2.45, 2.75) is 38.4 Å². The minimum Gasteiger partial charge on any atom is -0.497 e. The number of nitro groups is 1. The summed E-state index contributed by atoms with van der Waals surface area (Å²) in [5.41, 5.74) is 0.453. The molecule has 0 aromatic heterocycles. The molecule has 0 amide bonds. The summed E-state index contributed by atoms with van der Waals surface area (Å²) in [5.74, 6) is -2.49. The van der Waals surface area contributed by atoms with Crippen LogP contribution < -0.4 is 18.9 Å². The molecule has 1 unspecified atom stereocenters. The van der Waals surface area contributed by atoms with Gasteiger partial charge in [0.1, 0.15) is 18.1 Å². The number of ketones is 1. The van der Waals surface area contributed by atoms with E-state index in [0.717, 1.165) is 0 Å². The Hall–Kier alpha value is -5.13. The molecule has 0 bridgehead atoms. The lowest BCUT2D eigenvalue weighted by atomic mass is 9.79. The molecule has 1 aliphatic rings.